The quantitative estimate of drug-likeness (QED) is 0.554. The van der Waals surface area contributed by atoms with Crippen molar-refractivity contribution in [2.75, 3.05) is 25.7 Å². The minimum atomic E-state index is -0.534. The number of nitrogen functional groups attached to an aromatic ring is 2. The van der Waals surface area contributed by atoms with Gasteiger partial charge in [-0.3, -0.25) is 0 Å². The number of fused-ring (bicyclic) bond motifs is 1. The molecule has 8 heteroatoms. The minimum Gasteiger partial charge on any atom is -0.493 e. The molecule has 0 fully saturated rings. The lowest BCUT2D eigenvalue weighted by Crippen LogP contribution is -2.23. The molecule has 0 saturated carbocycles. The molecule has 2 radical (unpaired) electrons. The van der Waals surface area contributed by atoms with Crippen molar-refractivity contribution in [1.82, 2.24) is 0 Å². The van der Waals surface area contributed by atoms with Gasteiger partial charge in [0.25, 0.3) is 0 Å². The van der Waals surface area contributed by atoms with Gasteiger partial charge in [-0.25, -0.2) is 0 Å². The van der Waals surface area contributed by atoms with Crippen molar-refractivity contribution in [3.63, 3.8) is 0 Å². The van der Waals surface area contributed by atoms with E-state index < -0.39 is 5.92 Å². The van der Waals surface area contributed by atoms with E-state index in [4.69, 9.17) is 39.3 Å². The number of hydrogen-bond donors (Lipinski definition) is 3. The Bertz CT molecular complexity index is 966. The van der Waals surface area contributed by atoms with Crippen molar-refractivity contribution in [2.24, 2.45) is 5.73 Å². The summed E-state index contributed by atoms with van der Waals surface area (Å²) in [7, 11) is 9.11. The lowest BCUT2D eigenvalue weighted by atomic mass is 9.80. The normalized spacial score (nSPS) is 15.7. The van der Waals surface area contributed by atoms with Crippen LogP contribution in [0, 0.1) is 11.3 Å². The minimum absolute atomic E-state index is 0.0318. The van der Waals surface area contributed by atoms with Crippen LogP contribution in [0.4, 0.5) is 11.4 Å². The summed E-state index contributed by atoms with van der Waals surface area (Å²) >= 11 is 0. The van der Waals surface area contributed by atoms with Crippen molar-refractivity contribution < 1.29 is 14.2 Å². The zero-order valence-corrected chi connectivity index (χ0v) is 14.4. The highest BCUT2D eigenvalue weighted by Crippen LogP contribution is 2.47. The third-order valence-corrected chi connectivity index (χ3v) is 4.32. The second-order valence-electron chi connectivity index (χ2n) is 5.76. The predicted octanol–water partition coefficient (Wildman–Crippen LogP) is 0.880. The molecule has 1 aliphatic rings. The Morgan fingerprint density at radius 3 is 2.50 bits per heavy atom. The maximum absolute atomic E-state index is 9.63. The molecule has 0 aromatic heterocycles. The van der Waals surface area contributed by atoms with Crippen LogP contribution in [0.2, 0.25) is 0 Å². The molecule has 1 atom stereocenters. The summed E-state index contributed by atoms with van der Waals surface area (Å²) < 4.78 is 16.2. The van der Waals surface area contributed by atoms with E-state index in [9.17, 15) is 5.26 Å². The van der Waals surface area contributed by atoms with E-state index >= 15 is 0 Å². The summed E-state index contributed by atoms with van der Waals surface area (Å²) in [5.74, 6) is 0.620. The van der Waals surface area contributed by atoms with Crippen molar-refractivity contribution in [2.45, 2.75) is 5.92 Å². The van der Waals surface area contributed by atoms with Gasteiger partial charge in [0.15, 0.2) is 17.2 Å². The van der Waals surface area contributed by atoms with Gasteiger partial charge in [-0.05, 0) is 17.7 Å². The van der Waals surface area contributed by atoms with Crippen LogP contribution in [0.1, 0.15) is 17.0 Å². The van der Waals surface area contributed by atoms with Gasteiger partial charge in [0.05, 0.1) is 31.5 Å². The zero-order valence-electron chi connectivity index (χ0n) is 14.4. The summed E-state index contributed by atoms with van der Waals surface area (Å²) in [5.41, 5.74) is 20.5. The summed E-state index contributed by atoms with van der Waals surface area (Å²) in [6.45, 7) is 0. The highest BCUT2D eigenvalue weighted by Gasteiger charge is 2.33. The number of methoxy groups -OCH3 is 2. The lowest BCUT2D eigenvalue weighted by Gasteiger charge is -2.28. The summed E-state index contributed by atoms with van der Waals surface area (Å²) in [6, 6.07) is 8.97. The maximum atomic E-state index is 9.63. The standard InChI is InChI=1S/C18H17BN4O3/c1-24-13-6-8(5-11(19)17(13)25-2)14-9-3-4-12(21)15(22)16(9)26-18(23)10(14)7-20/h3-6,14H,21-23H2,1-2H3. The summed E-state index contributed by atoms with van der Waals surface area (Å²) in [4.78, 5) is 0. The number of benzene rings is 2. The Kier molecular flexibility index (Phi) is 4.30. The Hall–Kier alpha value is -3.47. The van der Waals surface area contributed by atoms with E-state index in [0.29, 0.717) is 39.5 Å². The molecule has 1 unspecified atom stereocenters. The van der Waals surface area contributed by atoms with E-state index in [1.165, 1.54) is 14.2 Å². The predicted molar refractivity (Wildman–Crippen MR) is 99.5 cm³/mol. The maximum Gasteiger partial charge on any atom is 0.205 e. The molecule has 2 aromatic carbocycles. The Morgan fingerprint density at radius 1 is 1.15 bits per heavy atom. The average Bonchev–Trinajstić information content (AvgIpc) is 2.63. The number of nitrogens with two attached hydrogens (primary N) is 3. The van der Waals surface area contributed by atoms with Crippen molar-refractivity contribution in [3.05, 3.63) is 46.8 Å². The van der Waals surface area contributed by atoms with Gasteiger partial charge in [-0.1, -0.05) is 17.6 Å². The molecule has 7 nitrogen and oxygen atoms in total. The fraction of sp³-hybridized carbons (Fsp3) is 0.167. The molecule has 130 valence electrons. The molecule has 1 aliphatic heterocycles. The molecule has 0 bridgehead atoms. The Labute approximate surface area is 152 Å². The van der Waals surface area contributed by atoms with Crippen LogP contribution in [0.25, 0.3) is 0 Å². The first-order chi connectivity index (χ1) is 12.4. The van der Waals surface area contributed by atoms with Crippen LogP contribution < -0.4 is 36.9 Å². The molecule has 0 spiro atoms. The fourth-order valence-electron chi connectivity index (χ4n) is 3.08. The molecule has 1 heterocycles. The number of rotatable bonds is 3. The van der Waals surface area contributed by atoms with Gasteiger partial charge in [0.1, 0.15) is 19.5 Å². The van der Waals surface area contributed by atoms with Crippen LogP contribution >= 0.6 is 0 Å². The van der Waals surface area contributed by atoms with Crippen LogP contribution in [0.5, 0.6) is 17.2 Å². The SMILES string of the molecule is [B]c1cc(C2C(C#N)=C(N)Oc3c2ccc(N)c3N)cc(OC)c1OC. The number of ether oxygens (including phenoxy) is 3. The smallest absolute Gasteiger partial charge is 0.205 e. The van der Waals surface area contributed by atoms with E-state index in [0.717, 1.165) is 0 Å². The van der Waals surface area contributed by atoms with Gasteiger partial charge in [0, 0.05) is 5.56 Å². The Morgan fingerprint density at radius 2 is 1.88 bits per heavy atom. The van der Waals surface area contributed by atoms with Crippen LogP contribution in [-0.2, 0) is 0 Å². The van der Waals surface area contributed by atoms with Crippen LogP contribution in [-0.4, -0.2) is 22.1 Å². The molecule has 26 heavy (non-hydrogen) atoms. The summed E-state index contributed by atoms with van der Waals surface area (Å²) in [5, 5.41) is 9.63. The number of allylic oxidation sites excluding steroid dienone is 1. The molecule has 3 rings (SSSR count). The topological polar surface area (TPSA) is 130 Å². The molecular formula is C18H17BN4O3. The second kappa shape index (κ2) is 6.45. The Balaban J connectivity index is 2.29. The van der Waals surface area contributed by atoms with E-state index in [2.05, 4.69) is 6.07 Å². The number of nitrogens with zero attached hydrogens (tertiary/aromatic N) is 1. The second-order valence-corrected chi connectivity index (χ2v) is 5.76. The first kappa shape index (κ1) is 17.4. The third-order valence-electron chi connectivity index (χ3n) is 4.32. The molecule has 2 aromatic rings. The number of hydrogen-bond acceptors (Lipinski definition) is 7. The monoisotopic (exact) mass is 348 g/mol. The van der Waals surface area contributed by atoms with E-state index in [1.807, 2.05) is 0 Å². The van der Waals surface area contributed by atoms with Crippen LogP contribution in [0.3, 0.4) is 0 Å². The average molecular weight is 348 g/mol. The molecular weight excluding hydrogens is 331 g/mol. The fourth-order valence-corrected chi connectivity index (χ4v) is 3.08. The van der Waals surface area contributed by atoms with Crippen molar-refractivity contribution >= 4 is 24.7 Å². The van der Waals surface area contributed by atoms with E-state index in [1.54, 1.807) is 24.3 Å². The number of nitriles is 1. The van der Waals surface area contributed by atoms with Crippen molar-refractivity contribution in [1.29, 1.82) is 5.26 Å². The van der Waals surface area contributed by atoms with Gasteiger partial charge in [0.2, 0.25) is 5.88 Å². The molecule has 0 saturated heterocycles. The van der Waals surface area contributed by atoms with Crippen molar-refractivity contribution in [3.8, 4) is 23.3 Å². The van der Waals surface area contributed by atoms with Gasteiger partial charge >= 0.3 is 0 Å². The zero-order chi connectivity index (χ0) is 19.0. The van der Waals surface area contributed by atoms with Gasteiger partial charge in [-0.15, -0.1) is 0 Å². The van der Waals surface area contributed by atoms with Crippen LogP contribution in [0.15, 0.2) is 35.7 Å². The first-order valence-corrected chi connectivity index (χ1v) is 7.69. The lowest BCUT2D eigenvalue weighted by molar-refractivity contribution is 0.356. The van der Waals surface area contributed by atoms with E-state index in [-0.39, 0.29) is 17.1 Å². The van der Waals surface area contributed by atoms with Gasteiger partial charge in [-0.2, -0.15) is 5.26 Å². The first-order valence-electron chi connectivity index (χ1n) is 7.69. The molecule has 0 aliphatic carbocycles. The largest absolute Gasteiger partial charge is 0.493 e. The third kappa shape index (κ3) is 2.54. The highest BCUT2D eigenvalue weighted by molar-refractivity contribution is 6.34. The number of anilines is 2. The summed E-state index contributed by atoms with van der Waals surface area (Å²) in [6.07, 6.45) is 0. The van der Waals surface area contributed by atoms with Gasteiger partial charge < -0.3 is 31.4 Å². The highest BCUT2D eigenvalue weighted by atomic mass is 16.5. The molecule has 6 N–H and O–H groups in total. The molecule has 0 amide bonds.